The van der Waals surface area contributed by atoms with Crippen LogP contribution in [0.3, 0.4) is 0 Å². The largest absolute Gasteiger partial charge is 0.322 e. The van der Waals surface area contributed by atoms with Crippen LogP contribution in [0.25, 0.3) is 0 Å². The zero-order valence-electron chi connectivity index (χ0n) is 15.1. The molecule has 1 aliphatic heterocycles. The van der Waals surface area contributed by atoms with Gasteiger partial charge in [-0.25, -0.2) is 4.39 Å². The smallest absolute Gasteiger partial charge is 0.258 e. The highest BCUT2D eigenvalue weighted by atomic mass is 35.5. The van der Waals surface area contributed by atoms with Gasteiger partial charge in [0.05, 0.1) is 15.6 Å². The summed E-state index contributed by atoms with van der Waals surface area (Å²) < 4.78 is 13.6. The van der Waals surface area contributed by atoms with Crippen LogP contribution >= 0.6 is 23.2 Å². The Labute approximate surface area is 176 Å². The average molecular weight is 429 g/mol. The molecule has 4 nitrogen and oxygen atoms in total. The fourth-order valence-corrected chi connectivity index (χ4v) is 3.77. The third-order valence-corrected chi connectivity index (χ3v) is 5.38. The van der Waals surface area contributed by atoms with Crippen molar-refractivity contribution in [3.05, 3.63) is 93.2 Å². The summed E-state index contributed by atoms with van der Waals surface area (Å²) in [4.78, 5) is 27.0. The highest BCUT2D eigenvalue weighted by Crippen LogP contribution is 2.29. The van der Waals surface area contributed by atoms with Crippen LogP contribution in [0, 0.1) is 5.82 Å². The number of rotatable bonds is 3. The van der Waals surface area contributed by atoms with Gasteiger partial charge in [0.2, 0.25) is 0 Å². The predicted octanol–water partition coefficient (Wildman–Crippen LogP) is 5.59. The molecule has 2 amide bonds. The van der Waals surface area contributed by atoms with Crippen LogP contribution in [0.5, 0.6) is 0 Å². The topological polar surface area (TPSA) is 49.4 Å². The molecule has 0 saturated carbocycles. The summed E-state index contributed by atoms with van der Waals surface area (Å²) >= 11 is 11.6. The van der Waals surface area contributed by atoms with Gasteiger partial charge in [-0.2, -0.15) is 0 Å². The summed E-state index contributed by atoms with van der Waals surface area (Å²) in [5, 5.41) is 2.53. The van der Waals surface area contributed by atoms with Gasteiger partial charge in [0.1, 0.15) is 5.82 Å². The first-order valence-electron chi connectivity index (χ1n) is 8.90. The summed E-state index contributed by atoms with van der Waals surface area (Å²) in [6, 6.07) is 16.5. The highest BCUT2D eigenvalue weighted by Gasteiger charge is 2.25. The standard InChI is InChI=1S/C22H15Cl2FN2O2/c23-17-12-18(24)19(25)11-16(17)21(28)26-15-7-5-14(6-8-15)22(29)27-10-9-13-3-1-2-4-20(13)27/h1-8,11-12H,9-10H2,(H,26,28). The van der Waals surface area contributed by atoms with Crippen molar-refractivity contribution in [2.45, 2.75) is 6.42 Å². The van der Waals surface area contributed by atoms with Gasteiger partial charge in [0.15, 0.2) is 0 Å². The highest BCUT2D eigenvalue weighted by molar-refractivity contribution is 6.37. The summed E-state index contributed by atoms with van der Waals surface area (Å²) in [5.74, 6) is -1.40. The van der Waals surface area contributed by atoms with E-state index < -0.39 is 11.7 Å². The van der Waals surface area contributed by atoms with Crippen molar-refractivity contribution in [3.63, 3.8) is 0 Å². The molecule has 3 aromatic carbocycles. The Balaban J connectivity index is 1.49. The molecule has 1 N–H and O–H groups in total. The van der Waals surface area contributed by atoms with E-state index in [4.69, 9.17) is 23.2 Å². The van der Waals surface area contributed by atoms with Gasteiger partial charge < -0.3 is 10.2 Å². The summed E-state index contributed by atoms with van der Waals surface area (Å²) in [6.07, 6.45) is 0.828. The van der Waals surface area contributed by atoms with Gasteiger partial charge in [0.25, 0.3) is 11.8 Å². The zero-order chi connectivity index (χ0) is 20.5. The second-order valence-electron chi connectivity index (χ2n) is 6.61. The number of para-hydroxylation sites is 1. The normalized spacial score (nSPS) is 12.6. The molecule has 0 spiro atoms. The minimum atomic E-state index is -0.729. The van der Waals surface area contributed by atoms with Crippen molar-refractivity contribution in [1.82, 2.24) is 0 Å². The number of amides is 2. The number of halogens is 3. The molecule has 0 atom stereocenters. The van der Waals surface area contributed by atoms with E-state index >= 15 is 0 Å². The van der Waals surface area contributed by atoms with Gasteiger partial charge in [0, 0.05) is 23.5 Å². The number of nitrogens with zero attached hydrogens (tertiary/aromatic N) is 1. The van der Waals surface area contributed by atoms with Crippen LogP contribution in [0.1, 0.15) is 26.3 Å². The van der Waals surface area contributed by atoms with E-state index in [1.165, 1.54) is 6.07 Å². The van der Waals surface area contributed by atoms with E-state index in [1.807, 2.05) is 24.3 Å². The number of hydrogen-bond acceptors (Lipinski definition) is 2. The minimum Gasteiger partial charge on any atom is -0.322 e. The van der Waals surface area contributed by atoms with E-state index in [0.29, 0.717) is 17.8 Å². The molecular formula is C22H15Cl2FN2O2. The average Bonchev–Trinajstić information content (AvgIpc) is 3.15. The number of benzene rings is 3. The molecule has 0 radical (unpaired) electrons. The first kappa shape index (κ1) is 19.4. The quantitative estimate of drug-likeness (QED) is 0.552. The lowest BCUT2D eigenvalue weighted by atomic mass is 10.1. The number of hydrogen-bond donors (Lipinski definition) is 1. The molecule has 1 heterocycles. The van der Waals surface area contributed by atoms with Crippen LogP contribution in [-0.2, 0) is 6.42 Å². The van der Waals surface area contributed by atoms with E-state index in [9.17, 15) is 14.0 Å². The van der Waals surface area contributed by atoms with Crippen molar-refractivity contribution < 1.29 is 14.0 Å². The molecule has 1 aliphatic rings. The van der Waals surface area contributed by atoms with Gasteiger partial charge in [-0.05, 0) is 54.4 Å². The molecule has 7 heteroatoms. The monoisotopic (exact) mass is 428 g/mol. The van der Waals surface area contributed by atoms with Crippen molar-refractivity contribution in [1.29, 1.82) is 0 Å². The van der Waals surface area contributed by atoms with Crippen molar-refractivity contribution >= 4 is 46.4 Å². The van der Waals surface area contributed by atoms with Crippen LogP contribution in [0.15, 0.2) is 60.7 Å². The summed E-state index contributed by atoms with van der Waals surface area (Å²) in [5.41, 5.74) is 3.02. The Morgan fingerprint density at radius 2 is 1.69 bits per heavy atom. The van der Waals surface area contributed by atoms with E-state index in [-0.39, 0.29) is 21.5 Å². The number of nitrogens with one attached hydrogen (secondary N) is 1. The van der Waals surface area contributed by atoms with Crippen LogP contribution < -0.4 is 10.2 Å². The SMILES string of the molecule is O=C(Nc1ccc(C(=O)N2CCc3ccccc32)cc1)c1cc(F)c(Cl)cc1Cl. The number of carbonyl (C=O) groups excluding carboxylic acids is 2. The van der Waals surface area contributed by atoms with Crippen LogP contribution in [0.4, 0.5) is 15.8 Å². The minimum absolute atomic E-state index is 0.0256. The molecule has 146 valence electrons. The molecule has 0 aliphatic carbocycles. The number of carbonyl (C=O) groups is 2. The Bertz CT molecular complexity index is 1120. The van der Waals surface area contributed by atoms with Crippen LogP contribution in [0.2, 0.25) is 10.0 Å². The lowest BCUT2D eigenvalue weighted by Gasteiger charge is -2.17. The Morgan fingerprint density at radius 1 is 0.966 bits per heavy atom. The molecule has 4 rings (SSSR count). The maximum absolute atomic E-state index is 13.6. The molecule has 0 unspecified atom stereocenters. The lowest BCUT2D eigenvalue weighted by molar-refractivity contribution is 0.0988. The van der Waals surface area contributed by atoms with Crippen molar-refractivity contribution in [2.75, 3.05) is 16.8 Å². The maximum atomic E-state index is 13.6. The van der Waals surface area contributed by atoms with E-state index in [2.05, 4.69) is 5.32 Å². The van der Waals surface area contributed by atoms with Crippen LogP contribution in [-0.4, -0.2) is 18.4 Å². The fourth-order valence-electron chi connectivity index (χ4n) is 3.30. The van der Waals surface area contributed by atoms with E-state index in [0.717, 1.165) is 23.7 Å². The molecule has 0 fully saturated rings. The Hall–Kier alpha value is -2.89. The van der Waals surface area contributed by atoms with Crippen molar-refractivity contribution in [3.8, 4) is 0 Å². The summed E-state index contributed by atoms with van der Waals surface area (Å²) in [6.45, 7) is 0.636. The third-order valence-electron chi connectivity index (χ3n) is 4.78. The van der Waals surface area contributed by atoms with Gasteiger partial charge in [-0.3, -0.25) is 9.59 Å². The van der Waals surface area contributed by atoms with E-state index in [1.54, 1.807) is 29.2 Å². The molecular weight excluding hydrogens is 414 g/mol. The molecule has 0 aromatic heterocycles. The molecule has 0 bridgehead atoms. The first-order chi connectivity index (χ1) is 13.9. The Morgan fingerprint density at radius 3 is 2.45 bits per heavy atom. The van der Waals surface area contributed by atoms with Gasteiger partial charge in [-0.1, -0.05) is 41.4 Å². The third kappa shape index (κ3) is 3.84. The van der Waals surface area contributed by atoms with Crippen molar-refractivity contribution in [2.24, 2.45) is 0 Å². The first-order valence-corrected chi connectivity index (χ1v) is 9.65. The Kier molecular flexibility index (Phi) is 5.26. The molecule has 3 aromatic rings. The predicted molar refractivity (Wildman–Crippen MR) is 113 cm³/mol. The molecule has 0 saturated heterocycles. The van der Waals surface area contributed by atoms with Gasteiger partial charge >= 0.3 is 0 Å². The molecule has 29 heavy (non-hydrogen) atoms. The zero-order valence-corrected chi connectivity index (χ0v) is 16.6. The second kappa shape index (κ2) is 7.85. The summed E-state index contributed by atoms with van der Waals surface area (Å²) in [7, 11) is 0. The number of fused-ring (bicyclic) bond motifs is 1. The lowest BCUT2D eigenvalue weighted by Crippen LogP contribution is -2.28. The van der Waals surface area contributed by atoms with Gasteiger partial charge in [-0.15, -0.1) is 0 Å². The number of anilines is 2. The fraction of sp³-hybridized carbons (Fsp3) is 0.0909. The maximum Gasteiger partial charge on any atom is 0.258 e. The second-order valence-corrected chi connectivity index (χ2v) is 7.43.